The maximum Gasteiger partial charge on any atom is 0.237 e. The number of nitrogens with zero attached hydrogens (tertiary/aromatic N) is 2. The predicted octanol–water partition coefficient (Wildman–Crippen LogP) is 3.04. The Morgan fingerprint density at radius 2 is 2.00 bits per heavy atom. The Kier molecular flexibility index (Phi) is 4.68. The highest BCUT2D eigenvalue weighted by atomic mass is 32.2. The summed E-state index contributed by atoms with van der Waals surface area (Å²) in [5.74, 6) is -0.486. The Labute approximate surface area is 120 Å². The number of aryl methyl sites for hydroxylation is 1. The number of anilines is 1. The quantitative estimate of drug-likeness (QED) is 0.695. The van der Waals surface area contributed by atoms with Crippen LogP contribution in [0.5, 0.6) is 0 Å². The number of hydrogen-bond acceptors (Lipinski definition) is 4. The van der Waals surface area contributed by atoms with Gasteiger partial charge in [-0.25, -0.2) is 14.4 Å². The summed E-state index contributed by atoms with van der Waals surface area (Å²) in [6.07, 6.45) is 1.47. The van der Waals surface area contributed by atoms with Crippen LogP contribution in [0.2, 0.25) is 0 Å². The molecule has 0 unspecified atom stereocenters. The van der Waals surface area contributed by atoms with E-state index in [1.165, 1.54) is 42.4 Å². The molecule has 1 aromatic carbocycles. The molecule has 20 heavy (non-hydrogen) atoms. The molecule has 0 fully saturated rings. The first-order valence-electron chi connectivity index (χ1n) is 6.06. The van der Waals surface area contributed by atoms with E-state index in [0.717, 1.165) is 10.7 Å². The van der Waals surface area contributed by atoms with Crippen molar-refractivity contribution < 1.29 is 9.18 Å². The molecule has 1 N–H and O–H groups in total. The molecule has 6 heteroatoms. The minimum atomic E-state index is -0.332. The molecule has 2 aromatic rings. The fourth-order valence-electron chi connectivity index (χ4n) is 1.51. The second-order valence-corrected chi connectivity index (χ2v) is 5.61. The van der Waals surface area contributed by atoms with Crippen molar-refractivity contribution in [2.75, 3.05) is 5.32 Å². The van der Waals surface area contributed by atoms with Gasteiger partial charge in [0.15, 0.2) is 0 Å². The number of thioether (sulfide) groups is 1. The van der Waals surface area contributed by atoms with E-state index in [1.807, 2.05) is 13.0 Å². The van der Waals surface area contributed by atoms with Crippen LogP contribution in [0, 0.1) is 12.7 Å². The van der Waals surface area contributed by atoms with Crippen LogP contribution in [0.1, 0.15) is 12.6 Å². The maximum absolute atomic E-state index is 12.8. The van der Waals surface area contributed by atoms with Crippen molar-refractivity contribution in [3.8, 4) is 0 Å². The molecule has 1 atom stereocenters. The van der Waals surface area contributed by atoms with Crippen LogP contribution in [0.3, 0.4) is 0 Å². The summed E-state index contributed by atoms with van der Waals surface area (Å²) in [7, 11) is 0. The van der Waals surface area contributed by atoms with Gasteiger partial charge in [0, 0.05) is 11.4 Å². The van der Waals surface area contributed by atoms with E-state index in [9.17, 15) is 9.18 Å². The Morgan fingerprint density at radius 3 is 2.65 bits per heavy atom. The van der Waals surface area contributed by atoms with Crippen molar-refractivity contribution in [3.63, 3.8) is 0 Å². The highest BCUT2D eigenvalue weighted by Gasteiger charge is 2.15. The van der Waals surface area contributed by atoms with Crippen molar-refractivity contribution in [2.24, 2.45) is 0 Å². The van der Waals surface area contributed by atoms with Gasteiger partial charge in [0.1, 0.15) is 17.2 Å². The summed E-state index contributed by atoms with van der Waals surface area (Å²) in [5.41, 5.74) is 1.43. The number of amides is 1. The third-order valence-corrected chi connectivity index (χ3v) is 3.59. The zero-order valence-electron chi connectivity index (χ0n) is 11.1. The molecule has 0 aliphatic carbocycles. The van der Waals surface area contributed by atoms with Gasteiger partial charge in [-0.15, -0.1) is 0 Å². The van der Waals surface area contributed by atoms with Crippen LogP contribution in [0.4, 0.5) is 10.1 Å². The van der Waals surface area contributed by atoms with Crippen LogP contribution >= 0.6 is 11.8 Å². The van der Waals surface area contributed by atoms with E-state index in [2.05, 4.69) is 15.3 Å². The molecule has 0 saturated carbocycles. The van der Waals surface area contributed by atoms with E-state index >= 15 is 0 Å². The van der Waals surface area contributed by atoms with Crippen molar-refractivity contribution >= 4 is 23.4 Å². The van der Waals surface area contributed by atoms with E-state index < -0.39 is 0 Å². The van der Waals surface area contributed by atoms with Gasteiger partial charge in [-0.05, 0) is 44.2 Å². The lowest BCUT2D eigenvalue weighted by Crippen LogP contribution is -2.22. The molecular formula is C14H14FN3OS. The van der Waals surface area contributed by atoms with Gasteiger partial charge in [0.2, 0.25) is 5.91 Å². The number of halogens is 1. The Morgan fingerprint density at radius 1 is 1.30 bits per heavy atom. The zero-order valence-corrected chi connectivity index (χ0v) is 11.9. The van der Waals surface area contributed by atoms with Crippen LogP contribution < -0.4 is 5.32 Å². The molecule has 2 rings (SSSR count). The van der Waals surface area contributed by atoms with Gasteiger partial charge in [-0.3, -0.25) is 4.79 Å². The average molecular weight is 291 g/mol. The maximum atomic E-state index is 12.8. The van der Waals surface area contributed by atoms with Crippen LogP contribution in [-0.4, -0.2) is 21.1 Å². The van der Waals surface area contributed by atoms with E-state index in [0.29, 0.717) is 5.69 Å². The third kappa shape index (κ3) is 4.03. The van der Waals surface area contributed by atoms with Crippen LogP contribution in [0.25, 0.3) is 0 Å². The fraction of sp³-hybridized carbons (Fsp3) is 0.214. The fourth-order valence-corrected chi connectivity index (χ4v) is 2.38. The van der Waals surface area contributed by atoms with Gasteiger partial charge < -0.3 is 5.32 Å². The molecule has 104 valence electrons. The monoisotopic (exact) mass is 291 g/mol. The van der Waals surface area contributed by atoms with Crippen molar-refractivity contribution in [1.82, 2.24) is 9.97 Å². The third-order valence-electron chi connectivity index (χ3n) is 2.56. The summed E-state index contributed by atoms with van der Waals surface area (Å²) in [6, 6.07) is 7.49. The van der Waals surface area contributed by atoms with Crippen molar-refractivity contribution in [2.45, 2.75) is 24.1 Å². The number of carbonyl (C=O) groups excluding carboxylic acids is 1. The normalized spacial score (nSPS) is 11.9. The number of benzene rings is 1. The van der Waals surface area contributed by atoms with Crippen molar-refractivity contribution in [1.29, 1.82) is 0 Å². The van der Waals surface area contributed by atoms with E-state index in [1.54, 1.807) is 6.92 Å². The molecule has 0 aliphatic rings. The molecule has 1 amide bonds. The summed E-state index contributed by atoms with van der Waals surface area (Å²) in [6.45, 7) is 3.66. The lowest BCUT2D eigenvalue weighted by atomic mass is 10.3. The molecular weight excluding hydrogens is 277 g/mol. The molecule has 1 aromatic heterocycles. The number of rotatable bonds is 4. The van der Waals surface area contributed by atoms with Gasteiger partial charge in [-0.1, -0.05) is 11.8 Å². The molecule has 0 saturated heterocycles. The largest absolute Gasteiger partial charge is 0.325 e. The summed E-state index contributed by atoms with van der Waals surface area (Å²) >= 11 is 1.35. The minimum Gasteiger partial charge on any atom is -0.325 e. The topological polar surface area (TPSA) is 54.9 Å². The lowest BCUT2D eigenvalue weighted by molar-refractivity contribution is -0.115. The number of carbonyl (C=O) groups is 1. The molecule has 0 aliphatic heterocycles. The van der Waals surface area contributed by atoms with Crippen LogP contribution in [-0.2, 0) is 4.79 Å². The molecule has 0 bridgehead atoms. The summed E-state index contributed by atoms with van der Waals surface area (Å²) in [4.78, 5) is 20.1. The number of aromatic nitrogens is 2. The average Bonchev–Trinajstić information content (AvgIpc) is 2.41. The summed E-state index contributed by atoms with van der Waals surface area (Å²) < 4.78 is 12.8. The van der Waals surface area contributed by atoms with Gasteiger partial charge in [-0.2, -0.15) is 0 Å². The number of hydrogen-bond donors (Lipinski definition) is 1. The first kappa shape index (κ1) is 14.5. The Bertz CT molecular complexity index is 604. The zero-order chi connectivity index (χ0) is 14.5. The minimum absolute atomic E-state index is 0.155. The van der Waals surface area contributed by atoms with E-state index in [4.69, 9.17) is 0 Å². The second kappa shape index (κ2) is 6.47. The highest BCUT2D eigenvalue weighted by molar-refractivity contribution is 8.00. The van der Waals surface area contributed by atoms with Gasteiger partial charge in [0.05, 0.1) is 5.25 Å². The van der Waals surface area contributed by atoms with Gasteiger partial charge >= 0.3 is 0 Å². The Hall–Kier alpha value is -1.95. The smallest absolute Gasteiger partial charge is 0.237 e. The first-order valence-corrected chi connectivity index (χ1v) is 6.94. The standard InChI is InChI=1S/C14H14FN3OS/c1-9-7-13(17-8-16-9)20-10(2)14(19)18-12-5-3-11(15)4-6-12/h3-8,10H,1-2H3,(H,18,19)/t10-/m1/s1. The molecule has 4 nitrogen and oxygen atoms in total. The first-order chi connectivity index (χ1) is 9.54. The summed E-state index contributed by atoms with van der Waals surface area (Å²) in [5, 5.41) is 3.17. The Balaban J connectivity index is 1.96. The molecule has 0 radical (unpaired) electrons. The van der Waals surface area contributed by atoms with E-state index in [-0.39, 0.29) is 17.0 Å². The van der Waals surface area contributed by atoms with Gasteiger partial charge in [0.25, 0.3) is 0 Å². The predicted molar refractivity (Wildman–Crippen MR) is 77.1 cm³/mol. The second-order valence-electron chi connectivity index (χ2n) is 4.25. The van der Waals surface area contributed by atoms with Crippen LogP contribution in [0.15, 0.2) is 41.7 Å². The lowest BCUT2D eigenvalue weighted by Gasteiger charge is -2.11. The molecule has 0 spiro atoms. The molecule has 1 heterocycles. The SMILES string of the molecule is Cc1cc(S[C@H](C)C(=O)Nc2ccc(F)cc2)ncn1. The van der Waals surface area contributed by atoms with Crippen molar-refractivity contribution in [3.05, 3.63) is 48.2 Å². The highest BCUT2D eigenvalue weighted by Crippen LogP contribution is 2.22. The number of nitrogens with one attached hydrogen (secondary N) is 1.